The predicted octanol–water partition coefficient (Wildman–Crippen LogP) is 3.95. The van der Waals surface area contributed by atoms with Crippen molar-refractivity contribution in [2.45, 2.75) is 25.3 Å². The molecule has 0 saturated carbocycles. The van der Waals surface area contributed by atoms with Gasteiger partial charge in [0.05, 0.1) is 6.04 Å². The Bertz CT molecular complexity index is 684. The zero-order valence-electron chi connectivity index (χ0n) is 11.6. The van der Waals surface area contributed by atoms with E-state index in [4.69, 9.17) is 18.0 Å². The molecule has 108 valence electrons. The van der Waals surface area contributed by atoms with E-state index in [2.05, 4.69) is 29.6 Å². The molecule has 0 aromatic heterocycles. The predicted molar refractivity (Wildman–Crippen MR) is 88.0 cm³/mol. The Labute approximate surface area is 129 Å². The molecule has 0 heterocycles. The highest BCUT2D eigenvalue weighted by Gasteiger charge is 2.20. The minimum atomic E-state index is -0.326. The molecule has 2 nitrogen and oxygen atoms in total. The number of aryl methyl sites for hydroxylation is 1. The van der Waals surface area contributed by atoms with E-state index >= 15 is 0 Å². The van der Waals surface area contributed by atoms with Crippen LogP contribution >= 0.6 is 12.2 Å². The normalized spacial score (nSPS) is 17.1. The lowest BCUT2D eigenvalue weighted by atomic mass is 9.87. The summed E-state index contributed by atoms with van der Waals surface area (Å²) in [5, 5.41) is 3.48. The Balaban J connectivity index is 1.93. The molecule has 0 radical (unpaired) electrons. The van der Waals surface area contributed by atoms with Gasteiger partial charge in [0.1, 0.15) is 10.8 Å². The van der Waals surface area contributed by atoms with E-state index in [0.717, 1.165) is 24.9 Å². The maximum atomic E-state index is 13.4. The number of nitrogens with two attached hydrogens (primary N) is 1. The Hall–Kier alpha value is -1.94. The van der Waals surface area contributed by atoms with Gasteiger partial charge in [-0.05, 0) is 48.6 Å². The van der Waals surface area contributed by atoms with Crippen LogP contribution in [0.5, 0.6) is 0 Å². The summed E-state index contributed by atoms with van der Waals surface area (Å²) < 4.78 is 13.4. The van der Waals surface area contributed by atoms with Gasteiger partial charge < -0.3 is 11.1 Å². The molecule has 1 aliphatic carbocycles. The molecule has 0 amide bonds. The number of anilines is 1. The lowest BCUT2D eigenvalue weighted by Gasteiger charge is -2.28. The maximum Gasteiger partial charge on any atom is 0.124 e. The number of nitrogens with one attached hydrogen (secondary N) is 1. The number of halogens is 1. The minimum Gasteiger partial charge on any atom is -0.389 e. The van der Waals surface area contributed by atoms with Crippen molar-refractivity contribution < 1.29 is 4.39 Å². The summed E-state index contributed by atoms with van der Waals surface area (Å²) in [7, 11) is 0. The van der Waals surface area contributed by atoms with Gasteiger partial charge in [0.15, 0.2) is 0 Å². The van der Waals surface area contributed by atoms with Gasteiger partial charge in [-0.3, -0.25) is 0 Å². The Kier molecular flexibility index (Phi) is 3.88. The number of thiocarbonyl (C=S) groups is 1. The Morgan fingerprint density at radius 1 is 1.24 bits per heavy atom. The van der Waals surface area contributed by atoms with Gasteiger partial charge in [-0.1, -0.05) is 36.5 Å². The smallest absolute Gasteiger partial charge is 0.124 e. The third-order valence-corrected chi connectivity index (χ3v) is 4.17. The molecule has 1 atom stereocenters. The van der Waals surface area contributed by atoms with E-state index in [-0.39, 0.29) is 16.8 Å². The summed E-state index contributed by atoms with van der Waals surface area (Å²) in [6.45, 7) is 0. The van der Waals surface area contributed by atoms with Crippen molar-refractivity contribution in [1.82, 2.24) is 0 Å². The van der Waals surface area contributed by atoms with Crippen molar-refractivity contribution in [2.24, 2.45) is 5.73 Å². The van der Waals surface area contributed by atoms with E-state index in [0.29, 0.717) is 5.56 Å². The van der Waals surface area contributed by atoms with Gasteiger partial charge in [0.25, 0.3) is 0 Å². The van der Waals surface area contributed by atoms with Gasteiger partial charge in [-0.15, -0.1) is 0 Å². The molecule has 0 fully saturated rings. The van der Waals surface area contributed by atoms with E-state index in [1.165, 1.54) is 23.3 Å². The topological polar surface area (TPSA) is 38.0 Å². The van der Waals surface area contributed by atoms with Crippen molar-refractivity contribution in [3.8, 4) is 0 Å². The summed E-state index contributed by atoms with van der Waals surface area (Å²) in [5.41, 5.74) is 9.75. The van der Waals surface area contributed by atoms with Crippen molar-refractivity contribution in [3.05, 3.63) is 65.0 Å². The molecule has 3 rings (SSSR count). The first-order valence-electron chi connectivity index (χ1n) is 7.09. The van der Waals surface area contributed by atoms with Gasteiger partial charge in [0, 0.05) is 11.3 Å². The largest absolute Gasteiger partial charge is 0.389 e. The van der Waals surface area contributed by atoms with E-state index in [1.54, 1.807) is 6.07 Å². The van der Waals surface area contributed by atoms with Crippen LogP contribution in [0.2, 0.25) is 0 Å². The van der Waals surface area contributed by atoms with E-state index in [1.807, 2.05) is 0 Å². The number of hydrogen-bond acceptors (Lipinski definition) is 2. The standard InChI is InChI=1S/C17H17FN2S/c18-12-8-9-16(14(10-12)17(19)21)20-15-7-3-5-11-4-1-2-6-13(11)15/h1-2,4,6,8-10,15,20H,3,5,7H2,(H2,19,21). The number of hydrogen-bond donors (Lipinski definition) is 2. The zero-order chi connectivity index (χ0) is 14.8. The lowest BCUT2D eigenvalue weighted by molar-refractivity contribution is 0.599. The molecule has 0 saturated heterocycles. The maximum absolute atomic E-state index is 13.4. The minimum absolute atomic E-state index is 0.209. The first kappa shape index (κ1) is 14.0. The van der Waals surface area contributed by atoms with Gasteiger partial charge in [-0.2, -0.15) is 0 Å². The summed E-state index contributed by atoms with van der Waals surface area (Å²) >= 11 is 5.03. The van der Waals surface area contributed by atoms with Crippen molar-refractivity contribution in [2.75, 3.05) is 5.32 Å². The summed E-state index contributed by atoms with van der Waals surface area (Å²) in [5.74, 6) is -0.326. The average molecular weight is 300 g/mol. The van der Waals surface area contributed by atoms with Crippen molar-refractivity contribution >= 4 is 22.9 Å². The summed E-state index contributed by atoms with van der Waals surface area (Å²) in [4.78, 5) is 0.209. The van der Waals surface area contributed by atoms with Crippen LogP contribution in [0.4, 0.5) is 10.1 Å². The molecule has 0 spiro atoms. The van der Waals surface area contributed by atoms with E-state index < -0.39 is 0 Å². The molecule has 2 aromatic carbocycles. The second-order valence-corrected chi connectivity index (χ2v) is 5.78. The van der Waals surface area contributed by atoms with Crippen molar-refractivity contribution in [1.29, 1.82) is 0 Å². The SMILES string of the molecule is NC(=S)c1cc(F)ccc1NC1CCCc2ccccc21. The van der Waals surface area contributed by atoms with Crippen LogP contribution in [0.1, 0.15) is 35.6 Å². The molecular weight excluding hydrogens is 283 g/mol. The van der Waals surface area contributed by atoms with Gasteiger partial charge in [0.2, 0.25) is 0 Å². The van der Waals surface area contributed by atoms with Gasteiger partial charge >= 0.3 is 0 Å². The van der Waals surface area contributed by atoms with Gasteiger partial charge in [-0.25, -0.2) is 4.39 Å². The molecule has 0 aliphatic heterocycles. The molecule has 21 heavy (non-hydrogen) atoms. The van der Waals surface area contributed by atoms with Crippen molar-refractivity contribution in [3.63, 3.8) is 0 Å². The highest BCUT2D eigenvalue weighted by Crippen LogP contribution is 2.33. The fourth-order valence-corrected chi connectivity index (χ4v) is 3.11. The highest BCUT2D eigenvalue weighted by molar-refractivity contribution is 7.80. The number of fused-ring (bicyclic) bond motifs is 1. The zero-order valence-corrected chi connectivity index (χ0v) is 12.4. The molecule has 0 bridgehead atoms. The van der Waals surface area contributed by atoms with Crippen LogP contribution in [0, 0.1) is 5.82 Å². The van der Waals surface area contributed by atoms with Crippen LogP contribution < -0.4 is 11.1 Å². The second kappa shape index (κ2) is 5.82. The molecule has 1 unspecified atom stereocenters. The van der Waals surface area contributed by atoms with Crippen LogP contribution in [0.25, 0.3) is 0 Å². The Morgan fingerprint density at radius 2 is 2.05 bits per heavy atom. The van der Waals surface area contributed by atoms with Crippen LogP contribution in [0.3, 0.4) is 0 Å². The van der Waals surface area contributed by atoms with Crippen LogP contribution in [-0.4, -0.2) is 4.99 Å². The molecule has 1 aliphatic rings. The fraction of sp³-hybridized carbons (Fsp3) is 0.235. The third kappa shape index (κ3) is 2.90. The first-order valence-corrected chi connectivity index (χ1v) is 7.49. The molecule has 2 aromatic rings. The Morgan fingerprint density at radius 3 is 2.86 bits per heavy atom. The molecular formula is C17H17FN2S. The van der Waals surface area contributed by atoms with Crippen LogP contribution in [0.15, 0.2) is 42.5 Å². The first-order chi connectivity index (χ1) is 10.1. The van der Waals surface area contributed by atoms with E-state index in [9.17, 15) is 4.39 Å². The molecule has 4 heteroatoms. The summed E-state index contributed by atoms with van der Waals surface area (Å²) in [6, 6.07) is 13.2. The number of rotatable bonds is 3. The quantitative estimate of drug-likeness (QED) is 0.843. The monoisotopic (exact) mass is 300 g/mol. The highest BCUT2D eigenvalue weighted by atomic mass is 32.1. The average Bonchev–Trinajstić information content (AvgIpc) is 2.49. The lowest BCUT2D eigenvalue weighted by Crippen LogP contribution is -2.20. The second-order valence-electron chi connectivity index (χ2n) is 5.34. The molecule has 3 N–H and O–H groups in total. The van der Waals surface area contributed by atoms with Crippen LogP contribution in [-0.2, 0) is 6.42 Å². The fourth-order valence-electron chi connectivity index (χ4n) is 2.94. The number of benzene rings is 2. The third-order valence-electron chi connectivity index (χ3n) is 3.95. The summed E-state index contributed by atoms with van der Waals surface area (Å²) in [6.07, 6.45) is 3.30.